The summed E-state index contributed by atoms with van der Waals surface area (Å²) in [5, 5.41) is 3.81. The molecule has 1 aromatic heterocycles. The summed E-state index contributed by atoms with van der Waals surface area (Å²) in [6.07, 6.45) is 4.62. The number of carbonyl (C=O) groups excluding carboxylic acids is 1. The molecule has 16 heavy (non-hydrogen) atoms. The van der Waals surface area contributed by atoms with E-state index in [1.165, 1.54) is 0 Å². The van der Waals surface area contributed by atoms with Crippen LogP contribution < -0.4 is 5.32 Å². The molecule has 1 aliphatic rings. The van der Waals surface area contributed by atoms with Crippen molar-refractivity contribution in [1.82, 2.24) is 9.88 Å². The molecule has 2 heterocycles. The number of pyridine rings is 1. The van der Waals surface area contributed by atoms with E-state index in [1.807, 2.05) is 17.0 Å². The van der Waals surface area contributed by atoms with Gasteiger partial charge in [0, 0.05) is 44.0 Å². The molecule has 1 saturated heterocycles. The third-order valence-corrected chi connectivity index (χ3v) is 2.90. The van der Waals surface area contributed by atoms with Crippen LogP contribution in [0.5, 0.6) is 0 Å². The van der Waals surface area contributed by atoms with Gasteiger partial charge in [-0.15, -0.1) is 0 Å². The monoisotopic (exact) mass is 235 g/mol. The number of Topliss-reactive ketones (excluding diaryl/α,β-unsaturated/α-hetero) is 1. The van der Waals surface area contributed by atoms with E-state index in [2.05, 4.69) is 10.3 Å². The Kier molecular flexibility index (Phi) is 3.46. The zero-order valence-electron chi connectivity index (χ0n) is 8.85. The van der Waals surface area contributed by atoms with Crippen LogP contribution in [0, 0.1) is 0 Å². The van der Waals surface area contributed by atoms with Gasteiger partial charge >= 0.3 is 0 Å². The van der Waals surface area contributed by atoms with E-state index in [0.717, 1.165) is 18.8 Å². The molecule has 1 fully saturated rings. The van der Waals surface area contributed by atoms with Crippen LogP contribution in [0.15, 0.2) is 24.5 Å². The summed E-state index contributed by atoms with van der Waals surface area (Å²) >= 11 is 5.28. The molecule has 0 radical (unpaired) electrons. The zero-order chi connectivity index (χ0) is 11.4. The molecule has 0 amide bonds. The second kappa shape index (κ2) is 5.03. The second-order valence-electron chi connectivity index (χ2n) is 3.69. The second-order valence-corrected chi connectivity index (χ2v) is 4.08. The maximum Gasteiger partial charge on any atom is 0.173 e. The highest BCUT2D eigenvalue weighted by molar-refractivity contribution is 7.80. The number of hydrogen-bond donors (Lipinski definition) is 1. The number of hydrogen-bond acceptors (Lipinski definition) is 3. The molecule has 84 valence electrons. The summed E-state index contributed by atoms with van der Waals surface area (Å²) in [5.74, 6) is 0.322. The van der Waals surface area contributed by atoms with Gasteiger partial charge in [-0.1, -0.05) is 0 Å². The van der Waals surface area contributed by atoms with Crippen LogP contribution >= 0.6 is 12.2 Å². The highest BCUT2D eigenvalue weighted by Gasteiger charge is 2.17. The van der Waals surface area contributed by atoms with Gasteiger partial charge in [0.2, 0.25) is 0 Å². The number of nitrogens with zero attached hydrogens (tertiary/aromatic N) is 2. The summed E-state index contributed by atoms with van der Waals surface area (Å²) < 4.78 is 0. The summed E-state index contributed by atoms with van der Waals surface area (Å²) in [7, 11) is 0. The Labute approximate surface area is 99.7 Å². The lowest BCUT2D eigenvalue weighted by Crippen LogP contribution is -2.40. The molecule has 0 unspecified atom stereocenters. The van der Waals surface area contributed by atoms with Gasteiger partial charge in [-0.05, 0) is 24.4 Å². The van der Waals surface area contributed by atoms with Gasteiger partial charge in [0.1, 0.15) is 5.78 Å². The quantitative estimate of drug-likeness (QED) is 0.746. The summed E-state index contributed by atoms with van der Waals surface area (Å²) in [6, 6.07) is 3.72. The third-order valence-electron chi connectivity index (χ3n) is 2.54. The number of anilines is 1. The minimum atomic E-state index is 0.322. The molecule has 0 saturated carbocycles. The first-order chi connectivity index (χ1) is 7.75. The number of rotatable bonds is 1. The van der Waals surface area contributed by atoms with Crippen LogP contribution in [-0.2, 0) is 4.79 Å². The Morgan fingerprint density at radius 2 is 1.94 bits per heavy atom. The first-order valence-corrected chi connectivity index (χ1v) is 5.64. The number of piperidine rings is 1. The Morgan fingerprint density at radius 1 is 1.31 bits per heavy atom. The van der Waals surface area contributed by atoms with E-state index in [9.17, 15) is 4.79 Å². The predicted octanol–water partition coefficient (Wildman–Crippen LogP) is 1.44. The molecule has 5 heteroatoms. The van der Waals surface area contributed by atoms with Crippen LogP contribution in [0.2, 0.25) is 0 Å². The molecule has 0 spiro atoms. The molecule has 1 N–H and O–H groups in total. The molecular weight excluding hydrogens is 222 g/mol. The Morgan fingerprint density at radius 3 is 2.56 bits per heavy atom. The fourth-order valence-electron chi connectivity index (χ4n) is 1.60. The molecule has 0 aliphatic carbocycles. The van der Waals surface area contributed by atoms with Crippen molar-refractivity contribution >= 4 is 28.8 Å². The van der Waals surface area contributed by atoms with Gasteiger partial charge in [0.05, 0.1) is 0 Å². The van der Waals surface area contributed by atoms with Crippen molar-refractivity contribution in [3.8, 4) is 0 Å². The highest BCUT2D eigenvalue weighted by atomic mass is 32.1. The molecule has 0 bridgehead atoms. The number of carbonyl (C=O) groups is 1. The van der Waals surface area contributed by atoms with Gasteiger partial charge in [-0.25, -0.2) is 0 Å². The fraction of sp³-hybridized carbons (Fsp3) is 0.364. The Hall–Kier alpha value is -1.49. The van der Waals surface area contributed by atoms with Gasteiger partial charge in [0.15, 0.2) is 5.11 Å². The maximum atomic E-state index is 11.1. The molecule has 0 atom stereocenters. The van der Waals surface area contributed by atoms with E-state index in [1.54, 1.807) is 12.4 Å². The Bertz CT molecular complexity index is 383. The fourth-order valence-corrected chi connectivity index (χ4v) is 1.90. The average molecular weight is 235 g/mol. The first-order valence-electron chi connectivity index (χ1n) is 5.23. The molecule has 1 aliphatic heterocycles. The van der Waals surface area contributed by atoms with E-state index in [4.69, 9.17) is 12.2 Å². The third kappa shape index (κ3) is 2.76. The number of ketones is 1. The maximum absolute atomic E-state index is 11.1. The van der Waals surface area contributed by atoms with Crippen molar-refractivity contribution in [3.05, 3.63) is 24.5 Å². The van der Waals surface area contributed by atoms with Gasteiger partial charge in [-0.2, -0.15) is 0 Å². The Balaban J connectivity index is 1.91. The van der Waals surface area contributed by atoms with Crippen LogP contribution in [0.25, 0.3) is 0 Å². The van der Waals surface area contributed by atoms with Gasteiger partial charge in [-0.3, -0.25) is 9.78 Å². The lowest BCUT2D eigenvalue weighted by molar-refractivity contribution is -0.120. The van der Waals surface area contributed by atoms with Crippen molar-refractivity contribution in [3.63, 3.8) is 0 Å². The van der Waals surface area contributed by atoms with Crippen LogP contribution in [0.4, 0.5) is 5.69 Å². The predicted molar refractivity (Wildman–Crippen MR) is 66.3 cm³/mol. The van der Waals surface area contributed by atoms with Gasteiger partial charge in [0.25, 0.3) is 0 Å². The van der Waals surface area contributed by atoms with E-state index < -0.39 is 0 Å². The van der Waals surface area contributed by atoms with Crippen molar-refractivity contribution in [2.45, 2.75) is 12.8 Å². The van der Waals surface area contributed by atoms with Crippen molar-refractivity contribution in [2.24, 2.45) is 0 Å². The molecule has 4 nitrogen and oxygen atoms in total. The van der Waals surface area contributed by atoms with E-state index in [-0.39, 0.29) is 0 Å². The number of nitrogens with one attached hydrogen (secondary N) is 1. The van der Waals surface area contributed by atoms with Crippen molar-refractivity contribution in [2.75, 3.05) is 18.4 Å². The molecule has 0 aromatic carbocycles. The largest absolute Gasteiger partial charge is 0.348 e. The summed E-state index contributed by atoms with van der Waals surface area (Å²) in [4.78, 5) is 17.0. The molecule has 2 rings (SSSR count). The lowest BCUT2D eigenvalue weighted by Gasteiger charge is -2.28. The van der Waals surface area contributed by atoms with E-state index in [0.29, 0.717) is 23.7 Å². The number of thiocarbonyl (C=S) groups is 1. The molecular formula is C11H13N3OS. The topological polar surface area (TPSA) is 45.2 Å². The van der Waals surface area contributed by atoms with Crippen LogP contribution in [-0.4, -0.2) is 33.9 Å². The SMILES string of the molecule is O=C1CCN(C(=S)Nc2ccncc2)CC1. The van der Waals surface area contributed by atoms with Crippen LogP contribution in [0.1, 0.15) is 12.8 Å². The van der Waals surface area contributed by atoms with Crippen molar-refractivity contribution < 1.29 is 4.79 Å². The van der Waals surface area contributed by atoms with Crippen molar-refractivity contribution in [1.29, 1.82) is 0 Å². The normalized spacial score (nSPS) is 16.0. The summed E-state index contributed by atoms with van der Waals surface area (Å²) in [6.45, 7) is 1.44. The van der Waals surface area contributed by atoms with Crippen LogP contribution in [0.3, 0.4) is 0 Å². The lowest BCUT2D eigenvalue weighted by atomic mass is 10.1. The number of aromatic nitrogens is 1. The first kappa shape index (κ1) is 11.0. The highest BCUT2D eigenvalue weighted by Crippen LogP contribution is 2.10. The zero-order valence-corrected chi connectivity index (χ0v) is 9.67. The minimum Gasteiger partial charge on any atom is -0.348 e. The molecule has 1 aromatic rings. The standard InChI is InChI=1S/C11H13N3OS/c15-10-3-7-14(8-4-10)11(16)13-9-1-5-12-6-2-9/h1-2,5-6H,3-4,7-8H2,(H,12,13,16). The van der Waals surface area contributed by atoms with E-state index >= 15 is 0 Å². The number of likely N-dealkylation sites (tertiary alicyclic amines) is 1. The smallest absolute Gasteiger partial charge is 0.173 e. The van der Waals surface area contributed by atoms with Gasteiger partial charge < -0.3 is 10.2 Å². The minimum absolute atomic E-state index is 0.322. The summed E-state index contributed by atoms with van der Waals surface area (Å²) in [5.41, 5.74) is 0.928. The average Bonchev–Trinajstić information content (AvgIpc) is 2.31.